The van der Waals surface area contributed by atoms with Crippen LogP contribution in [0.15, 0.2) is 29.6 Å². The predicted octanol–water partition coefficient (Wildman–Crippen LogP) is 6.06. The Morgan fingerprint density at radius 1 is 1.19 bits per heavy atom. The lowest BCUT2D eigenvalue weighted by Gasteiger charge is -2.39. The molecule has 2 heterocycles. The van der Waals surface area contributed by atoms with Crippen LogP contribution in [-0.4, -0.2) is 41.2 Å². The molecule has 0 N–H and O–H groups in total. The first-order valence-electron chi connectivity index (χ1n) is 10.6. The first-order chi connectivity index (χ1) is 14.5. The maximum Gasteiger partial charge on any atom is 0.242 e. The van der Waals surface area contributed by atoms with Crippen LogP contribution in [0.2, 0.25) is 10.0 Å². The van der Waals surface area contributed by atoms with E-state index in [1.54, 1.807) is 28.4 Å². The Kier molecular flexibility index (Phi) is 7.39. The van der Waals surface area contributed by atoms with Gasteiger partial charge in [-0.2, -0.15) is 0 Å². The molecule has 2 aromatic rings. The molecule has 1 aliphatic rings. The molecule has 0 aliphatic carbocycles. The Morgan fingerprint density at radius 3 is 2.52 bits per heavy atom. The van der Waals surface area contributed by atoms with Crippen LogP contribution in [0.1, 0.15) is 56.7 Å². The molecule has 0 fully saturated rings. The number of carbonyl (C=O) groups excluding carboxylic acids is 2. The van der Waals surface area contributed by atoms with Crippen molar-refractivity contribution in [3.8, 4) is 0 Å². The van der Waals surface area contributed by atoms with Crippen molar-refractivity contribution in [2.75, 3.05) is 19.6 Å². The number of benzene rings is 1. The quantitative estimate of drug-likeness (QED) is 0.521. The lowest BCUT2D eigenvalue weighted by molar-refractivity contribution is -0.146. The fourth-order valence-corrected chi connectivity index (χ4v) is 5.45. The summed E-state index contributed by atoms with van der Waals surface area (Å²) in [6, 6.07) is 7.21. The molecule has 2 amide bonds. The lowest BCUT2D eigenvalue weighted by atomic mass is 9.92. The number of halogens is 2. The molecule has 3 rings (SSSR count). The Bertz CT molecular complexity index is 965. The molecular weight excluding hydrogens is 451 g/mol. The Hall–Kier alpha value is -1.56. The van der Waals surface area contributed by atoms with Crippen LogP contribution in [0.3, 0.4) is 0 Å². The Labute approximate surface area is 199 Å². The smallest absolute Gasteiger partial charge is 0.242 e. The Balaban J connectivity index is 1.95. The second kappa shape index (κ2) is 9.51. The largest absolute Gasteiger partial charge is 0.333 e. The zero-order valence-corrected chi connectivity index (χ0v) is 21.1. The normalized spacial score (nSPS) is 16.4. The number of carbonyl (C=O) groups is 2. The van der Waals surface area contributed by atoms with Crippen molar-refractivity contribution in [2.45, 2.75) is 47.1 Å². The first kappa shape index (κ1) is 24.1. The molecule has 1 unspecified atom stereocenters. The van der Waals surface area contributed by atoms with Crippen LogP contribution < -0.4 is 0 Å². The van der Waals surface area contributed by atoms with E-state index in [0.717, 1.165) is 17.5 Å². The minimum Gasteiger partial charge on any atom is -0.333 e. The van der Waals surface area contributed by atoms with Gasteiger partial charge in [0.2, 0.25) is 11.8 Å². The average molecular weight is 481 g/mol. The molecule has 1 aromatic carbocycles. The highest BCUT2D eigenvalue weighted by molar-refractivity contribution is 7.10. The van der Waals surface area contributed by atoms with Crippen molar-refractivity contribution in [2.24, 2.45) is 11.3 Å². The zero-order chi connectivity index (χ0) is 22.9. The molecule has 0 saturated heterocycles. The van der Waals surface area contributed by atoms with Crippen molar-refractivity contribution < 1.29 is 9.59 Å². The van der Waals surface area contributed by atoms with E-state index >= 15 is 0 Å². The summed E-state index contributed by atoms with van der Waals surface area (Å²) in [6.07, 6.45) is 0.803. The summed E-state index contributed by atoms with van der Waals surface area (Å²) in [5, 5.41) is 3.16. The summed E-state index contributed by atoms with van der Waals surface area (Å²) in [5.74, 6) is 0.195. The van der Waals surface area contributed by atoms with Gasteiger partial charge in [-0.3, -0.25) is 9.59 Å². The zero-order valence-electron chi connectivity index (χ0n) is 18.7. The van der Waals surface area contributed by atoms with Crippen LogP contribution in [0.4, 0.5) is 0 Å². The van der Waals surface area contributed by atoms with Crippen LogP contribution in [0.25, 0.3) is 0 Å². The average Bonchev–Trinajstić information content (AvgIpc) is 3.14. The highest BCUT2D eigenvalue weighted by Crippen LogP contribution is 2.41. The van der Waals surface area contributed by atoms with Gasteiger partial charge < -0.3 is 9.80 Å². The second-order valence-corrected chi connectivity index (χ2v) is 11.4. The molecule has 168 valence electrons. The number of nitrogens with zero attached hydrogens (tertiary/aromatic N) is 2. The number of amides is 2. The summed E-state index contributed by atoms with van der Waals surface area (Å²) in [7, 11) is 0. The molecule has 1 atom stereocenters. The van der Waals surface area contributed by atoms with E-state index in [9.17, 15) is 9.59 Å². The van der Waals surface area contributed by atoms with Crippen LogP contribution in [0.5, 0.6) is 0 Å². The van der Waals surface area contributed by atoms with Crippen molar-refractivity contribution in [3.05, 3.63) is 55.7 Å². The van der Waals surface area contributed by atoms with Gasteiger partial charge in [0.05, 0.1) is 12.6 Å². The van der Waals surface area contributed by atoms with Crippen molar-refractivity contribution >= 4 is 46.4 Å². The van der Waals surface area contributed by atoms with Gasteiger partial charge in [0, 0.05) is 33.4 Å². The third-order valence-electron chi connectivity index (χ3n) is 5.38. The molecule has 0 saturated carbocycles. The van der Waals surface area contributed by atoms with E-state index in [2.05, 4.69) is 25.3 Å². The fraction of sp³-hybridized carbons (Fsp3) is 0.500. The van der Waals surface area contributed by atoms with E-state index in [1.807, 2.05) is 31.7 Å². The molecule has 4 nitrogen and oxygen atoms in total. The molecule has 31 heavy (non-hydrogen) atoms. The minimum absolute atomic E-state index is 0.0103. The molecule has 0 bridgehead atoms. The van der Waals surface area contributed by atoms with Crippen molar-refractivity contribution in [1.82, 2.24) is 9.80 Å². The highest BCUT2D eigenvalue weighted by atomic mass is 35.5. The van der Waals surface area contributed by atoms with E-state index < -0.39 is 5.41 Å². The van der Waals surface area contributed by atoms with E-state index in [1.165, 1.54) is 4.88 Å². The standard InChI is InChI=1S/C24H30Cl2N2O2S/c1-15(2)13-27(23(30)24(3,4)5)14-21(29)28-10-8-20-18(9-11-31-20)22(28)17-7-6-16(25)12-19(17)26/h6-7,9,11-12,15,22H,8,10,13-14H2,1-5H3. The number of rotatable bonds is 5. The summed E-state index contributed by atoms with van der Waals surface area (Å²) in [6.45, 7) is 11.0. The van der Waals surface area contributed by atoms with Gasteiger partial charge in [-0.25, -0.2) is 0 Å². The maximum absolute atomic E-state index is 13.6. The van der Waals surface area contributed by atoms with Gasteiger partial charge in [-0.1, -0.05) is 63.9 Å². The van der Waals surface area contributed by atoms with Crippen LogP contribution >= 0.6 is 34.5 Å². The van der Waals surface area contributed by atoms with Crippen LogP contribution in [0, 0.1) is 11.3 Å². The van der Waals surface area contributed by atoms with Crippen molar-refractivity contribution in [1.29, 1.82) is 0 Å². The first-order valence-corrected chi connectivity index (χ1v) is 12.2. The minimum atomic E-state index is -0.545. The molecule has 0 spiro atoms. The number of hydrogen-bond acceptors (Lipinski definition) is 3. The summed E-state index contributed by atoms with van der Waals surface area (Å²) in [4.78, 5) is 31.5. The number of fused-ring (bicyclic) bond motifs is 1. The molecule has 1 aromatic heterocycles. The van der Waals surface area contributed by atoms with E-state index in [0.29, 0.717) is 23.1 Å². The van der Waals surface area contributed by atoms with E-state index in [4.69, 9.17) is 23.2 Å². The monoisotopic (exact) mass is 480 g/mol. The Morgan fingerprint density at radius 2 is 1.90 bits per heavy atom. The number of thiophene rings is 1. The molecular formula is C24H30Cl2N2O2S. The summed E-state index contributed by atoms with van der Waals surface area (Å²) < 4.78 is 0. The third-order valence-corrected chi connectivity index (χ3v) is 6.94. The van der Waals surface area contributed by atoms with Gasteiger partial charge >= 0.3 is 0 Å². The van der Waals surface area contributed by atoms with Gasteiger partial charge in [0.25, 0.3) is 0 Å². The lowest BCUT2D eigenvalue weighted by Crippen LogP contribution is -2.49. The van der Waals surface area contributed by atoms with Crippen LogP contribution in [-0.2, 0) is 16.0 Å². The van der Waals surface area contributed by atoms with Gasteiger partial charge in [0.1, 0.15) is 0 Å². The van der Waals surface area contributed by atoms with Gasteiger partial charge in [-0.15, -0.1) is 11.3 Å². The highest BCUT2D eigenvalue weighted by Gasteiger charge is 2.36. The van der Waals surface area contributed by atoms with Gasteiger partial charge in [-0.05, 0) is 47.0 Å². The third kappa shape index (κ3) is 5.44. The van der Waals surface area contributed by atoms with Gasteiger partial charge in [0.15, 0.2) is 0 Å². The maximum atomic E-state index is 13.6. The SMILES string of the molecule is CC(C)CN(CC(=O)N1CCc2sccc2C1c1ccc(Cl)cc1Cl)C(=O)C(C)(C)C. The predicted molar refractivity (Wildman–Crippen MR) is 129 cm³/mol. The molecule has 0 radical (unpaired) electrons. The van der Waals surface area contributed by atoms with Crippen molar-refractivity contribution in [3.63, 3.8) is 0 Å². The molecule has 7 heteroatoms. The fourth-order valence-electron chi connectivity index (χ4n) is 4.03. The topological polar surface area (TPSA) is 40.6 Å². The number of hydrogen-bond donors (Lipinski definition) is 0. The summed E-state index contributed by atoms with van der Waals surface area (Å²) in [5.41, 5.74) is 1.42. The molecule has 1 aliphatic heterocycles. The second-order valence-electron chi connectivity index (χ2n) is 9.53. The summed E-state index contributed by atoms with van der Waals surface area (Å²) >= 11 is 14.4. The van der Waals surface area contributed by atoms with E-state index in [-0.39, 0.29) is 30.3 Å².